The maximum atomic E-state index is 12.7. The van der Waals surface area contributed by atoms with Crippen LogP contribution in [0.4, 0.5) is 0 Å². The van der Waals surface area contributed by atoms with Gasteiger partial charge in [0.2, 0.25) is 0 Å². The van der Waals surface area contributed by atoms with E-state index in [2.05, 4.69) is 13.8 Å². The second-order valence-corrected chi connectivity index (χ2v) is 11.4. The molecule has 0 N–H and O–H groups in total. The van der Waals surface area contributed by atoms with Crippen molar-refractivity contribution in [1.82, 2.24) is 0 Å². The van der Waals surface area contributed by atoms with Crippen molar-refractivity contribution in [3.8, 4) is 0 Å². The molecule has 0 radical (unpaired) electrons. The van der Waals surface area contributed by atoms with Crippen molar-refractivity contribution in [3.05, 3.63) is 11.6 Å². The maximum absolute atomic E-state index is 12.7. The number of carbonyl (C=O) groups is 3. The molecule has 3 fully saturated rings. The molecule has 4 rings (SSSR count). The summed E-state index contributed by atoms with van der Waals surface area (Å²) in [5, 5.41) is 0. The first-order chi connectivity index (χ1) is 16.5. The van der Waals surface area contributed by atoms with Crippen LogP contribution in [0.2, 0.25) is 0 Å². The van der Waals surface area contributed by atoms with E-state index in [-0.39, 0.29) is 30.1 Å². The minimum absolute atomic E-state index is 0.0565. The van der Waals surface area contributed by atoms with Gasteiger partial charge in [-0.1, -0.05) is 45.1 Å². The van der Waals surface area contributed by atoms with Gasteiger partial charge in [-0.3, -0.25) is 9.59 Å². The monoisotopic (exact) mass is 472 g/mol. The van der Waals surface area contributed by atoms with E-state index in [1.54, 1.807) is 0 Å². The molecule has 190 valence electrons. The van der Waals surface area contributed by atoms with Crippen molar-refractivity contribution in [1.29, 1.82) is 0 Å². The molecule has 0 aromatic carbocycles. The van der Waals surface area contributed by atoms with Crippen molar-refractivity contribution >= 4 is 17.7 Å². The molecule has 34 heavy (non-hydrogen) atoms. The number of carbonyl (C=O) groups excluding carboxylic acids is 3. The molecule has 0 amide bonds. The summed E-state index contributed by atoms with van der Waals surface area (Å²) in [5.41, 5.74) is 1.49. The quantitative estimate of drug-likeness (QED) is 0.274. The van der Waals surface area contributed by atoms with Crippen LogP contribution in [0.1, 0.15) is 110 Å². The summed E-state index contributed by atoms with van der Waals surface area (Å²) in [5.74, 6) is 2.20. The second kappa shape index (κ2) is 11.4. The van der Waals surface area contributed by atoms with E-state index in [0.717, 1.165) is 70.6 Å². The van der Waals surface area contributed by atoms with Crippen molar-refractivity contribution < 1.29 is 23.9 Å². The highest BCUT2D eigenvalue weighted by Gasteiger charge is 2.59. The summed E-state index contributed by atoms with van der Waals surface area (Å²) in [7, 11) is 0. The summed E-state index contributed by atoms with van der Waals surface area (Å²) < 4.78 is 11.3. The molecule has 5 heteroatoms. The highest BCUT2D eigenvalue weighted by molar-refractivity contribution is 5.91. The van der Waals surface area contributed by atoms with Crippen LogP contribution < -0.4 is 0 Å². The van der Waals surface area contributed by atoms with Crippen LogP contribution in [0.15, 0.2) is 11.6 Å². The smallest absolute Gasteiger partial charge is 0.344 e. The third kappa shape index (κ3) is 5.28. The summed E-state index contributed by atoms with van der Waals surface area (Å²) in [4.78, 5) is 36.6. The van der Waals surface area contributed by atoms with Gasteiger partial charge >= 0.3 is 11.9 Å². The molecule has 4 aliphatic carbocycles. The van der Waals surface area contributed by atoms with Crippen LogP contribution in [0.25, 0.3) is 0 Å². The third-order valence-corrected chi connectivity index (χ3v) is 9.51. The van der Waals surface area contributed by atoms with Gasteiger partial charge in [0.25, 0.3) is 0 Å². The van der Waals surface area contributed by atoms with Gasteiger partial charge in [-0.15, -0.1) is 0 Å². The Morgan fingerprint density at radius 3 is 2.59 bits per heavy atom. The molecule has 0 aliphatic heterocycles. The lowest BCUT2D eigenvalue weighted by atomic mass is 9.51. The lowest BCUT2D eigenvalue weighted by Crippen LogP contribution is -2.50. The van der Waals surface area contributed by atoms with Crippen molar-refractivity contribution in [2.24, 2.45) is 29.1 Å². The molecular weight excluding hydrogens is 428 g/mol. The van der Waals surface area contributed by atoms with Gasteiger partial charge in [0.05, 0.1) is 0 Å². The third-order valence-electron chi connectivity index (χ3n) is 9.51. The number of ketones is 1. The Bertz CT molecular complexity index is 785. The topological polar surface area (TPSA) is 69.7 Å². The number of esters is 2. The molecule has 0 saturated heterocycles. The van der Waals surface area contributed by atoms with E-state index in [1.807, 2.05) is 6.08 Å². The van der Waals surface area contributed by atoms with E-state index in [1.165, 1.54) is 18.4 Å². The Balaban J connectivity index is 1.36. The van der Waals surface area contributed by atoms with Crippen LogP contribution >= 0.6 is 0 Å². The van der Waals surface area contributed by atoms with Crippen molar-refractivity contribution in [2.45, 2.75) is 116 Å². The standard InChI is InChI=1S/C29H44O5/c1-3-5-6-7-8-27(31)33-19-28(32)34-26-14-13-25-24-11-9-20-18-21(30)10-12-22(20)23(24)15-17-29(25,26)16-4-2/h18,22-26H,3-17,19H2,1-2H3/t22-,23+,24+,25-,26-,29-/m0/s1. The predicted molar refractivity (Wildman–Crippen MR) is 131 cm³/mol. The number of unbranched alkanes of at least 4 members (excludes halogenated alkanes) is 3. The number of rotatable bonds is 10. The van der Waals surface area contributed by atoms with Crippen LogP contribution in [-0.2, 0) is 23.9 Å². The highest BCUT2D eigenvalue weighted by atomic mass is 16.6. The SMILES string of the molecule is CCCCCCC(=O)OCC(=O)O[C@H]1CC[C@H]2[C@@H]3CCC4=CC(=O)CC[C@@H]4[C@H]3CC[C@]12CCC. The zero-order valence-electron chi connectivity index (χ0n) is 21.3. The van der Waals surface area contributed by atoms with Crippen molar-refractivity contribution in [2.75, 3.05) is 6.61 Å². The molecule has 6 atom stereocenters. The minimum atomic E-state index is -0.384. The van der Waals surface area contributed by atoms with Gasteiger partial charge in [0.1, 0.15) is 6.10 Å². The highest BCUT2D eigenvalue weighted by Crippen LogP contribution is 2.64. The molecular formula is C29H44O5. The van der Waals surface area contributed by atoms with Gasteiger partial charge in [-0.2, -0.15) is 0 Å². The van der Waals surface area contributed by atoms with Crippen LogP contribution in [0.5, 0.6) is 0 Å². The molecule has 4 aliphatic rings. The van der Waals surface area contributed by atoms with E-state index in [0.29, 0.717) is 42.3 Å². The molecule has 0 aromatic rings. The number of allylic oxidation sites excluding steroid dienone is 1. The largest absolute Gasteiger partial charge is 0.459 e. The van der Waals surface area contributed by atoms with E-state index >= 15 is 0 Å². The Kier molecular flexibility index (Phi) is 8.52. The zero-order valence-corrected chi connectivity index (χ0v) is 21.3. The first kappa shape index (κ1) is 25.4. The van der Waals surface area contributed by atoms with Crippen LogP contribution in [0.3, 0.4) is 0 Å². The first-order valence-corrected chi connectivity index (χ1v) is 14.1. The molecule has 0 aromatic heterocycles. The average Bonchev–Trinajstić information content (AvgIpc) is 3.18. The Morgan fingerprint density at radius 2 is 1.79 bits per heavy atom. The second-order valence-electron chi connectivity index (χ2n) is 11.4. The lowest BCUT2D eigenvalue weighted by molar-refractivity contribution is -0.170. The summed E-state index contributed by atoms with van der Waals surface area (Å²) in [6.45, 7) is 4.12. The molecule has 0 unspecified atom stereocenters. The normalized spacial score (nSPS) is 34.5. The van der Waals surface area contributed by atoms with E-state index in [4.69, 9.17) is 9.47 Å². The fourth-order valence-electron chi connectivity index (χ4n) is 8.16. The van der Waals surface area contributed by atoms with Gasteiger partial charge in [0, 0.05) is 18.3 Å². The van der Waals surface area contributed by atoms with Crippen LogP contribution in [0, 0.1) is 29.1 Å². The van der Waals surface area contributed by atoms with Gasteiger partial charge < -0.3 is 9.47 Å². The first-order valence-electron chi connectivity index (χ1n) is 14.1. The number of hydrogen-bond acceptors (Lipinski definition) is 5. The molecule has 3 saturated carbocycles. The Labute approximate surface area is 205 Å². The minimum Gasteiger partial charge on any atom is -0.459 e. The maximum Gasteiger partial charge on any atom is 0.344 e. The summed E-state index contributed by atoms with van der Waals surface area (Å²) in [6, 6.07) is 0. The lowest BCUT2D eigenvalue weighted by Gasteiger charge is -2.54. The molecule has 0 bridgehead atoms. The Hall–Kier alpha value is -1.65. The fourth-order valence-corrected chi connectivity index (χ4v) is 8.16. The molecule has 0 heterocycles. The zero-order chi connectivity index (χ0) is 24.1. The fraction of sp³-hybridized carbons (Fsp3) is 0.828. The van der Waals surface area contributed by atoms with E-state index in [9.17, 15) is 14.4 Å². The molecule has 0 spiro atoms. The van der Waals surface area contributed by atoms with E-state index < -0.39 is 0 Å². The van der Waals surface area contributed by atoms with Crippen molar-refractivity contribution in [3.63, 3.8) is 0 Å². The predicted octanol–water partition coefficient (Wildman–Crippen LogP) is 6.33. The number of hydrogen-bond donors (Lipinski definition) is 0. The Morgan fingerprint density at radius 1 is 0.941 bits per heavy atom. The number of ether oxygens (including phenoxy) is 2. The summed E-state index contributed by atoms with van der Waals surface area (Å²) >= 11 is 0. The van der Waals surface area contributed by atoms with Gasteiger partial charge in [-0.25, -0.2) is 4.79 Å². The van der Waals surface area contributed by atoms with Gasteiger partial charge in [0.15, 0.2) is 12.4 Å². The number of fused-ring (bicyclic) bond motifs is 5. The molecule has 5 nitrogen and oxygen atoms in total. The van der Waals surface area contributed by atoms with Gasteiger partial charge in [-0.05, 0) is 87.5 Å². The average molecular weight is 473 g/mol. The summed E-state index contributed by atoms with van der Waals surface area (Å²) in [6.07, 6.45) is 16.9. The van der Waals surface area contributed by atoms with Crippen LogP contribution in [-0.4, -0.2) is 30.4 Å².